The van der Waals surface area contributed by atoms with Crippen LogP contribution < -0.4 is 0 Å². The Morgan fingerprint density at radius 2 is 1.20 bits per heavy atom. The zero-order valence-electron chi connectivity index (χ0n) is 14.4. The van der Waals surface area contributed by atoms with Gasteiger partial charge in [0.1, 0.15) is 0 Å². The lowest BCUT2D eigenvalue weighted by molar-refractivity contribution is 1.21. The van der Waals surface area contributed by atoms with Crippen molar-refractivity contribution in [1.29, 1.82) is 0 Å². The second kappa shape index (κ2) is 8.45. The molecule has 0 aliphatic rings. The predicted octanol–water partition coefficient (Wildman–Crippen LogP) is 6.07. The highest BCUT2D eigenvalue weighted by Crippen LogP contribution is 2.30. The van der Waals surface area contributed by atoms with Crippen molar-refractivity contribution in [3.63, 3.8) is 0 Å². The highest BCUT2D eigenvalue weighted by Gasteiger charge is 2.07. The molecule has 0 aliphatic heterocycles. The third-order valence-electron chi connectivity index (χ3n) is 3.79. The molecule has 0 amide bonds. The van der Waals surface area contributed by atoms with Crippen LogP contribution in [-0.4, -0.2) is 11.4 Å². The molecular weight excluding hydrogens is 324 g/mol. The predicted molar refractivity (Wildman–Crippen MR) is 108 cm³/mol. The van der Waals surface area contributed by atoms with Crippen molar-refractivity contribution in [2.75, 3.05) is 0 Å². The fourth-order valence-electron chi connectivity index (χ4n) is 2.41. The van der Waals surface area contributed by atoms with Crippen LogP contribution in [0.4, 0.5) is 0 Å². The lowest BCUT2D eigenvalue weighted by atomic mass is 10.1. The maximum absolute atomic E-state index is 4.46. The molecule has 3 aromatic carbocycles. The minimum absolute atomic E-state index is 0.910. The van der Waals surface area contributed by atoms with Gasteiger partial charge in [0.2, 0.25) is 0 Å². The number of nitrogens with zero attached hydrogens (tertiary/aromatic N) is 2. The van der Waals surface area contributed by atoms with E-state index >= 15 is 0 Å². The van der Waals surface area contributed by atoms with Crippen LogP contribution in [-0.2, 0) is 0 Å². The molecule has 0 saturated heterocycles. The molecule has 0 saturated carbocycles. The van der Waals surface area contributed by atoms with E-state index in [1.807, 2.05) is 56.3 Å². The summed E-state index contributed by atoms with van der Waals surface area (Å²) in [7, 11) is 0. The molecule has 0 fully saturated rings. The van der Waals surface area contributed by atoms with Crippen molar-refractivity contribution in [1.82, 2.24) is 0 Å². The van der Waals surface area contributed by atoms with Gasteiger partial charge in [0.15, 0.2) is 0 Å². The minimum atomic E-state index is 0.910. The van der Waals surface area contributed by atoms with Crippen LogP contribution >= 0.6 is 11.8 Å². The van der Waals surface area contributed by atoms with Crippen molar-refractivity contribution >= 4 is 23.2 Å². The van der Waals surface area contributed by atoms with E-state index < -0.39 is 0 Å². The molecule has 0 aliphatic carbocycles. The Balaban J connectivity index is 1.86. The molecule has 0 bridgehead atoms. The van der Waals surface area contributed by atoms with Crippen molar-refractivity contribution in [2.24, 2.45) is 10.2 Å². The number of benzene rings is 3. The second-order valence-corrected chi connectivity index (χ2v) is 6.76. The first-order valence-electron chi connectivity index (χ1n) is 8.20. The number of hydrogen-bond donors (Lipinski definition) is 0. The van der Waals surface area contributed by atoms with E-state index in [1.165, 1.54) is 9.79 Å². The zero-order valence-corrected chi connectivity index (χ0v) is 15.2. The largest absolute Gasteiger partial charge is 0.155 e. The molecule has 0 heterocycles. The molecule has 25 heavy (non-hydrogen) atoms. The Kier molecular flexibility index (Phi) is 5.81. The molecule has 3 rings (SSSR count). The minimum Gasteiger partial charge on any atom is -0.155 e. The van der Waals surface area contributed by atoms with E-state index in [0.29, 0.717) is 0 Å². The summed E-state index contributed by atoms with van der Waals surface area (Å²) < 4.78 is 0. The van der Waals surface area contributed by atoms with Gasteiger partial charge in [-0.15, -0.1) is 0 Å². The van der Waals surface area contributed by atoms with Gasteiger partial charge in [0, 0.05) is 15.4 Å². The molecule has 0 unspecified atom stereocenters. The molecule has 0 radical (unpaired) electrons. The Morgan fingerprint density at radius 1 is 0.640 bits per heavy atom. The average molecular weight is 344 g/mol. The normalized spacial score (nSPS) is 12.2. The summed E-state index contributed by atoms with van der Waals surface area (Å²) in [5.74, 6) is 0. The molecule has 0 atom stereocenters. The third-order valence-corrected chi connectivity index (χ3v) is 4.87. The van der Waals surface area contributed by atoms with Crippen molar-refractivity contribution < 1.29 is 0 Å². The van der Waals surface area contributed by atoms with Gasteiger partial charge in [-0.3, -0.25) is 0 Å². The standard InChI is InChI=1S/C22H20N2S/c1-17(19-11-5-3-6-12-19)23-24-18(2)21-15-9-10-16-22(21)25-20-13-7-4-8-14-20/h3-16H,1-2H3/b23-17+,24-18+. The number of rotatable bonds is 5. The molecule has 0 aromatic heterocycles. The molecule has 0 spiro atoms. The summed E-state index contributed by atoms with van der Waals surface area (Å²) >= 11 is 1.74. The fourth-order valence-corrected chi connectivity index (χ4v) is 3.43. The van der Waals surface area contributed by atoms with Crippen molar-refractivity contribution in [2.45, 2.75) is 23.6 Å². The van der Waals surface area contributed by atoms with E-state index in [9.17, 15) is 0 Å². The van der Waals surface area contributed by atoms with Crippen LogP contribution in [0.3, 0.4) is 0 Å². The second-order valence-electron chi connectivity index (χ2n) is 5.65. The molecule has 3 heteroatoms. The van der Waals surface area contributed by atoms with E-state index in [1.54, 1.807) is 11.8 Å². The molecule has 3 aromatic rings. The molecular formula is C22H20N2S. The Morgan fingerprint density at radius 3 is 1.92 bits per heavy atom. The topological polar surface area (TPSA) is 24.7 Å². The SMILES string of the molecule is C/C(=N\N=C(/C)c1ccccc1Sc1ccccc1)c1ccccc1. The summed E-state index contributed by atoms with van der Waals surface area (Å²) in [6, 6.07) is 28.8. The van der Waals surface area contributed by atoms with E-state index in [2.05, 4.69) is 52.7 Å². The molecule has 2 nitrogen and oxygen atoms in total. The first-order valence-corrected chi connectivity index (χ1v) is 9.02. The Labute approximate surface area is 153 Å². The highest BCUT2D eigenvalue weighted by molar-refractivity contribution is 7.99. The van der Waals surface area contributed by atoms with Crippen LogP contribution in [0, 0.1) is 0 Å². The van der Waals surface area contributed by atoms with Gasteiger partial charge >= 0.3 is 0 Å². The number of hydrogen-bond acceptors (Lipinski definition) is 3. The summed E-state index contributed by atoms with van der Waals surface area (Å²) in [5, 5.41) is 8.88. The van der Waals surface area contributed by atoms with Gasteiger partial charge in [0.25, 0.3) is 0 Å². The quantitative estimate of drug-likeness (QED) is 0.407. The van der Waals surface area contributed by atoms with Crippen LogP contribution in [0.5, 0.6) is 0 Å². The summed E-state index contributed by atoms with van der Waals surface area (Å²) in [6.07, 6.45) is 0. The van der Waals surface area contributed by atoms with Gasteiger partial charge in [-0.05, 0) is 37.6 Å². The van der Waals surface area contributed by atoms with E-state index in [4.69, 9.17) is 0 Å². The highest BCUT2D eigenvalue weighted by atomic mass is 32.2. The zero-order chi connectivity index (χ0) is 17.5. The van der Waals surface area contributed by atoms with Crippen molar-refractivity contribution in [3.8, 4) is 0 Å². The first-order chi connectivity index (χ1) is 12.2. The monoisotopic (exact) mass is 344 g/mol. The van der Waals surface area contributed by atoms with Crippen LogP contribution in [0.25, 0.3) is 0 Å². The summed E-state index contributed by atoms with van der Waals surface area (Å²) in [6.45, 7) is 3.99. The lowest BCUT2D eigenvalue weighted by Crippen LogP contribution is -1.98. The first kappa shape index (κ1) is 17.2. The fraction of sp³-hybridized carbons (Fsp3) is 0.0909. The van der Waals surface area contributed by atoms with Gasteiger partial charge < -0.3 is 0 Å². The molecule has 0 N–H and O–H groups in total. The Hall–Kier alpha value is -2.65. The average Bonchev–Trinajstić information content (AvgIpc) is 2.68. The van der Waals surface area contributed by atoms with Gasteiger partial charge in [-0.1, -0.05) is 78.5 Å². The lowest BCUT2D eigenvalue weighted by Gasteiger charge is -2.08. The Bertz CT molecular complexity index is 884. The van der Waals surface area contributed by atoms with Crippen LogP contribution in [0.2, 0.25) is 0 Å². The van der Waals surface area contributed by atoms with Gasteiger partial charge in [0.05, 0.1) is 11.4 Å². The van der Waals surface area contributed by atoms with E-state index in [-0.39, 0.29) is 0 Å². The van der Waals surface area contributed by atoms with Gasteiger partial charge in [-0.2, -0.15) is 10.2 Å². The maximum Gasteiger partial charge on any atom is 0.0683 e. The maximum atomic E-state index is 4.46. The third kappa shape index (κ3) is 4.68. The van der Waals surface area contributed by atoms with Crippen LogP contribution in [0.15, 0.2) is 105 Å². The van der Waals surface area contributed by atoms with Crippen molar-refractivity contribution in [3.05, 3.63) is 96.1 Å². The van der Waals surface area contributed by atoms with E-state index in [0.717, 1.165) is 22.6 Å². The smallest absolute Gasteiger partial charge is 0.0683 e. The summed E-state index contributed by atoms with van der Waals surface area (Å²) in [5.41, 5.74) is 4.02. The summed E-state index contributed by atoms with van der Waals surface area (Å²) in [4.78, 5) is 2.40. The molecule has 124 valence electrons. The van der Waals surface area contributed by atoms with Crippen LogP contribution in [0.1, 0.15) is 25.0 Å². The van der Waals surface area contributed by atoms with Gasteiger partial charge in [-0.25, -0.2) is 0 Å².